The average Bonchev–Trinajstić information content (AvgIpc) is 3.41. The Morgan fingerprint density at radius 3 is 2.32 bits per heavy atom. The van der Waals surface area contributed by atoms with Gasteiger partial charge in [-0.2, -0.15) is 0 Å². The average molecular weight is 375 g/mol. The zero-order chi connectivity index (χ0) is 17.6. The number of carbonyl (C=O) groups is 2. The maximum absolute atomic E-state index is 12.1. The number of carbonyl (C=O) groups excluding carboxylic acids is 2. The summed E-state index contributed by atoms with van der Waals surface area (Å²) in [5, 5.41) is 5.81. The SMILES string of the molecule is O=C(CSC(c1ccccc1)c1ccc(Cl)cc1)NC(=O)NC1CC1. The molecule has 0 saturated heterocycles. The predicted molar refractivity (Wildman–Crippen MR) is 102 cm³/mol. The summed E-state index contributed by atoms with van der Waals surface area (Å²) in [5.41, 5.74) is 2.17. The number of hydrogen-bond acceptors (Lipinski definition) is 3. The lowest BCUT2D eigenvalue weighted by molar-refractivity contribution is -0.117. The summed E-state index contributed by atoms with van der Waals surface area (Å²) in [5.74, 6) is -0.0988. The van der Waals surface area contributed by atoms with Crippen LogP contribution >= 0.6 is 23.4 Å². The standard InChI is InChI=1S/C19H19ClN2O2S/c20-15-8-6-14(7-9-15)18(13-4-2-1-3-5-13)25-12-17(23)22-19(24)21-16-10-11-16/h1-9,16,18H,10-12H2,(H2,21,22,23,24). The summed E-state index contributed by atoms with van der Waals surface area (Å²) in [4.78, 5) is 23.7. The van der Waals surface area contributed by atoms with Gasteiger partial charge in [0.2, 0.25) is 5.91 Å². The van der Waals surface area contributed by atoms with E-state index in [1.807, 2.05) is 54.6 Å². The summed E-state index contributed by atoms with van der Waals surface area (Å²) in [7, 11) is 0. The molecule has 130 valence electrons. The summed E-state index contributed by atoms with van der Waals surface area (Å²) in [6.07, 6.45) is 1.98. The van der Waals surface area contributed by atoms with E-state index >= 15 is 0 Å². The third-order valence-corrected chi connectivity index (χ3v) is 5.38. The molecule has 2 aromatic rings. The zero-order valence-corrected chi connectivity index (χ0v) is 15.1. The Bertz CT molecular complexity index is 733. The van der Waals surface area contributed by atoms with E-state index in [0.717, 1.165) is 24.0 Å². The number of imide groups is 1. The highest BCUT2D eigenvalue weighted by Gasteiger charge is 2.24. The Balaban J connectivity index is 1.64. The first-order valence-corrected chi connectivity index (χ1v) is 9.57. The largest absolute Gasteiger partial charge is 0.335 e. The lowest BCUT2D eigenvalue weighted by Gasteiger charge is -2.17. The van der Waals surface area contributed by atoms with Crippen molar-refractivity contribution in [1.29, 1.82) is 0 Å². The van der Waals surface area contributed by atoms with Crippen LogP contribution in [-0.2, 0) is 4.79 Å². The molecule has 0 aromatic heterocycles. The Kier molecular flexibility index (Phi) is 6.00. The number of hydrogen-bond donors (Lipinski definition) is 2. The van der Waals surface area contributed by atoms with E-state index in [2.05, 4.69) is 10.6 Å². The molecule has 2 aromatic carbocycles. The van der Waals surface area contributed by atoms with Crippen LogP contribution in [0, 0.1) is 0 Å². The predicted octanol–water partition coefficient (Wildman–Crippen LogP) is 4.15. The van der Waals surface area contributed by atoms with Crippen LogP contribution in [0.3, 0.4) is 0 Å². The van der Waals surface area contributed by atoms with Gasteiger partial charge < -0.3 is 5.32 Å². The van der Waals surface area contributed by atoms with Crippen molar-refractivity contribution in [3.8, 4) is 0 Å². The molecule has 0 aliphatic heterocycles. The first-order valence-electron chi connectivity index (χ1n) is 8.14. The molecule has 1 unspecified atom stereocenters. The molecule has 1 aliphatic carbocycles. The van der Waals surface area contributed by atoms with Gasteiger partial charge in [0.05, 0.1) is 11.0 Å². The second-order valence-corrected chi connectivity index (χ2v) is 7.48. The summed E-state index contributed by atoms with van der Waals surface area (Å²) in [6.45, 7) is 0. The molecule has 3 amide bonds. The van der Waals surface area contributed by atoms with Gasteiger partial charge in [0, 0.05) is 11.1 Å². The molecule has 4 nitrogen and oxygen atoms in total. The summed E-state index contributed by atoms with van der Waals surface area (Å²) >= 11 is 7.46. The Hall–Kier alpha value is -1.98. The molecular formula is C19H19ClN2O2S. The monoisotopic (exact) mass is 374 g/mol. The number of rotatable bonds is 6. The van der Waals surface area contributed by atoms with Gasteiger partial charge in [-0.1, -0.05) is 54.1 Å². The molecule has 0 spiro atoms. The van der Waals surface area contributed by atoms with Crippen molar-refractivity contribution in [3.63, 3.8) is 0 Å². The summed E-state index contributed by atoms with van der Waals surface area (Å²) < 4.78 is 0. The molecule has 6 heteroatoms. The van der Waals surface area contributed by atoms with Gasteiger partial charge >= 0.3 is 6.03 Å². The minimum Gasteiger partial charge on any atom is -0.335 e. The van der Waals surface area contributed by atoms with Crippen molar-refractivity contribution < 1.29 is 9.59 Å². The maximum atomic E-state index is 12.1. The molecule has 0 heterocycles. The molecule has 0 radical (unpaired) electrons. The lowest BCUT2D eigenvalue weighted by atomic mass is 10.0. The lowest BCUT2D eigenvalue weighted by Crippen LogP contribution is -2.41. The fourth-order valence-electron chi connectivity index (χ4n) is 2.42. The van der Waals surface area contributed by atoms with Crippen molar-refractivity contribution >= 4 is 35.3 Å². The smallest absolute Gasteiger partial charge is 0.321 e. The number of urea groups is 1. The minimum atomic E-state index is -0.407. The van der Waals surface area contributed by atoms with Gasteiger partial charge in [0.1, 0.15) is 0 Å². The van der Waals surface area contributed by atoms with E-state index in [9.17, 15) is 9.59 Å². The van der Waals surface area contributed by atoms with Crippen LogP contribution in [-0.4, -0.2) is 23.7 Å². The molecule has 3 rings (SSSR count). The second kappa shape index (κ2) is 8.41. The number of nitrogens with one attached hydrogen (secondary N) is 2. The molecule has 1 saturated carbocycles. The minimum absolute atomic E-state index is 0.00397. The van der Waals surface area contributed by atoms with Crippen LogP contribution in [0.1, 0.15) is 29.2 Å². The van der Waals surface area contributed by atoms with Crippen molar-refractivity contribution in [2.45, 2.75) is 24.1 Å². The third kappa shape index (κ3) is 5.51. The first-order chi connectivity index (χ1) is 12.1. The number of amides is 3. The molecule has 25 heavy (non-hydrogen) atoms. The van der Waals surface area contributed by atoms with E-state index in [1.165, 1.54) is 11.8 Å². The number of thioether (sulfide) groups is 1. The van der Waals surface area contributed by atoms with Crippen LogP contribution in [0.2, 0.25) is 5.02 Å². The van der Waals surface area contributed by atoms with Crippen LogP contribution in [0.15, 0.2) is 54.6 Å². The van der Waals surface area contributed by atoms with Gasteiger partial charge in [-0.25, -0.2) is 4.79 Å². The molecular weight excluding hydrogens is 356 g/mol. The summed E-state index contributed by atoms with van der Waals surface area (Å²) in [6, 6.07) is 17.4. The second-order valence-electron chi connectivity index (χ2n) is 5.95. The van der Waals surface area contributed by atoms with Gasteiger partial charge in [-0.3, -0.25) is 10.1 Å². The molecule has 1 aliphatic rings. The molecule has 1 fully saturated rings. The molecule has 0 bridgehead atoms. The Morgan fingerprint density at radius 2 is 1.68 bits per heavy atom. The zero-order valence-electron chi connectivity index (χ0n) is 13.6. The Labute approximate surface area is 156 Å². The van der Waals surface area contributed by atoms with Crippen molar-refractivity contribution in [3.05, 3.63) is 70.7 Å². The molecule has 1 atom stereocenters. The fraction of sp³-hybridized carbons (Fsp3) is 0.263. The van der Waals surface area contributed by atoms with Crippen molar-refractivity contribution in [2.24, 2.45) is 0 Å². The fourth-order valence-corrected chi connectivity index (χ4v) is 3.64. The van der Waals surface area contributed by atoms with Crippen LogP contribution in [0.5, 0.6) is 0 Å². The molecule has 2 N–H and O–H groups in total. The van der Waals surface area contributed by atoms with Crippen LogP contribution < -0.4 is 10.6 Å². The van der Waals surface area contributed by atoms with E-state index in [1.54, 1.807) is 0 Å². The number of benzene rings is 2. The van der Waals surface area contributed by atoms with Gasteiger partial charge in [0.25, 0.3) is 0 Å². The van der Waals surface area contributed by atoms with Gasteiger partial charge in [-0.05, 0) is 36.1 Å². The van der Waals surface area contributed by atoms with Crippen LogP contribution in [0.25, 0.3) is 0 Å². The van der Waals surface area contributed by atoms with E-state index < -0.39 is 6.03 Å². The van der Waals surface area contributed by atoms with E-state index in [0.29, 0.717) is 5.02 Å². The highest BCUT2D eigenvalue weighted by Crippen LogP contribution is 2.35. The topological polar surface area (TPSA) is 58.2 Å². The van der Waals surface area contributed by atoms with Gasteiger partial charge in [0.15, 0.2) is 0 Å². The van der Waals surface area contributed by atoms with Crippen molar-refractivity contribution in [1.82, 2.24) is 10.6 Å². The first kappa shape index (κ1) is 17.8. The third-order valence-electron chi connectivity index (χ3n) is 3.82. The maximum Gasteiger partial charge on any atom is 0.321 e. The van der Waals surface area contributed by atoms with Crippen molar-refractivity contribution in [2.75, 3.05) is 5.75 Å². The van der Waals surface area contributed by atoms with Crippen LogP contribution in [0.4, 0.5) is 4.79 Å². The normalized spacial score (nSPS) is 14.6. The Morgan fingerprint density at radius 1 is 1.04 bits per heavy atom. The number of halogens is 1. The highest BCUT2D eigenvalue weighted by molar-refractivity contribution is 8.00. The van der Waals surface area contributed by atoms with Gasteiger partial charge in [-0.15, -0.1) is 11.8 Å². The quantitative estimate of drug-likeness (QED) is 0.798. The highest BCUT2D eigenvalue weighted by atomic mass is 35.5. The van der Waals surface area contributed by atoms with E-state index in [-0.39, 0.29) is 23.0 Å². The van der Waals surface area contributed by atoms with E-state index in [4.69, 9.17) is 11.6 Å².